The van der Waals surface area contributed by atoms with Gasteiger partial charge in [0, 0.05) is 0 Å². The highest BCUT2D eigenvalue weighted by atomic mass is 32.1. The number of rotatable bonds is 0. The Labute approximate surface area is 67.9 Å². The van der Waals surface area contributed by atoms with Crippen molar-refractivity contribution in [2.24, 2.45) is 0 Å². The van der Waals surface area contributed by atoms with Crippen molar-refractivity contribution in [3.63, 3.8) is 0 Å². The Morgan fingerprint density at radius 1 is 1.09 bits per heavy atom. The molecular weight excluding hydrogens is 156 g/mol. The summed E-state index contributed by atoms with van der Waals surface area (Å²) in [4.78, 5) is 11.3. The molecule has 1 nitrogen and oxygen atoms in total. The Kier molecular flexibility index (Phi) is 1.47. The van der Waals surface area contributed by atoms with Gasteiger partial charge in [0.25, 0.3) is 0 Å². The second-order valence-corrected chi connectivity index (χ2v) is 3.20. The summed E-state index contributed by atoms with van der Waals surface area (Å²) in [5, 5.41) is 2.97. The molecule has 0 saturated heterocycles. The molecule has 0 aliphatic rings. The minimum atomic E-state index is 0.111. The number of hydrogen-bond acceptors (Lipinski definition) is 2. The normalized spacial score (nSPS) is 10.2. The zero-order valence-corrected chi connectivity index (χ0v) is 6.60. The molecule has 0 radical (unpaired) electrons. The molecule has 54 valence electrons. The predicted molar refractivity (Wildman–Crippen MR) is 48.1 cm³/mol. The third-order valence-electron chi connectivity index (χ3n) is 1.55. The van der Waals surface area contributed by atoms with Crippen LogP contribution in [0.1, 0.15) is 0 Å². The monoisotopic (exact) mass is 162 g/mol. The fraction of sp³-hybridized carbons (Fsp3) is 0. The minimum absolute atomic E-state index is 0.111. The molecule has 0 N–H and O–H groups in total. The maximum absolute atomic E-state index is 11.3. The zero-order valence-electron chi connectivity index (χ0n) is 5.78. The fourth-order valence-electron chi connectivity index (χ4n) is 1.03. The summed E-state index contributed by atoms with van der Waals surface area (Å²) >= 11 is 1.49. The lowest BCUT2D eigenvalue weighted by Gasteiger charge is -1.73. The van der Waals surface area contributed by atoms with E-state index in [1.54, 1.807) is 12.1 Å². The molecule has 0 spiro atoms. The standard InChI is InChI=1S/C9H6OS/c10-8-4-2-1-3-7-5-6-11-9(7)8/h1-6H. The SMILES string of the molecule is O=c1ccccc2ccsc12. The lowest BCUT2D eigenvalue weighted by atomic mass is 10.3. The van der Waals surface area contributed by atoms with Gasteiger partial charge in [-0.1, -0.05) is 18.2 Å². The lowest BCUT2D eigenvalue weighted by molar-refractivity contribution is 1.77. The Bertz CT molecular complexity index is 431. The summed E-state index contributed by atoms with van der Waals surface area (Å²) in [6, 6.07) is 9.17. The van der Waals surface area contributed by atoms with Gasteiger partial charge in [0.1, 0.15) is 0 Å². The molecule has 2 rings (SSSR count). The Morgan fingerprint density at radius 2 is 1.91 bits per heavy atom. The van der Waals surface area contributed by atoms with Crippen LogP contribution in [0.3, 0.4) is 0 Å². The summed E-state index contributed by atoms with van der Waals surface area (Å²) in [7, 11) is 0. The zero-order chi connectivity index (χ0) is 7.68. The third kappa shape index (κ3) is 1.05. The van der Waals surface area contributed by atoms with Crippen molar-refractivity contribution >= 4 is 21.4 Å². The fourth-order valence-corrected chi connectivity index (χ4v) is 1.84. The first-order valence-corrected chi connectivity index (χ1v) is 4.22. The van der Waals surface area contributed by atoms with Gasteiger partial charge in [-0.25, -0.2) is 0 Å². The smallest absolute Gasteiger partial charge is 0.196 e. The molecule has 0 atom stereocenters. The highest BCUT2D eigenvalue weighted by molar-refractivity contribution is 7.17. The average molecular weight is 162 g/mol. The van der Waals surface area contributed by atoms with Crippen molar-refractivity contribution in [3.05, 3.63) is 45.9 Å². The first kappa shape index (κ1) is 6.55. The van der Waals surface area contributed by atoms with Gasteiger partial charge in [-0.05, 0) is 22.9 Å². The molecule has 0 aliphatic heterocycles. The van der Waals surface area contributed by atoms with Crippen LogP contribution in [0.2, 0.25) is 0 Å². The molecule has 0 unspecified atom stereocenters. The highest BCUT2D eigenvalue weighted by Crippen LogP contribution is 2.14. The quantitative estimate of drug-likeness (QED) is 0.580. The van der Waals surface area contributed by atoms with Crippen molar-refractivity contribution in [1.82, 2.24) is 0 Å². The number of fused-ring (bicyclic) bond motifs is 1. The summed E-state index contributed by atoms with van der Waals surface area (Å²) in [5.41, 5.74) is 0.111. The van der Waals surface area contributed by atoms with Crippen LogP contribution in [-0.4, -0.2) is 0 Å². The van der Waals surface area contributed by atoms with E-state index in [1.807, 2.05) is 23.6 Å². The van der Waals surface area contributed by atoms with Gasteiger partial charge in [0.05, 0.1) is 4.70 Å². The van der Waals surface area contributed by atoms with Crippen molar-refractivity contribution in [2.45, 2.75) is 0 Å². The first-order valence-electron chi connectivity index (χ1n) is 3.34. The van der Waals surface area contributed by atoms with E-state index in [2.05, 4.69) is 0 Å². The molecule has 11 heavy (non-hydrogen) atoms. The van der Waals surface area contributed by atoms with E-state index in [0.29, 0.717) is 0 Å². The van der Waals surface area contributed by atoms with E-state index in [4.69, 9.17) is 0 Å². The van der Waals surface area contributed by atoms with Crippen LogP contribution in [-0.2, 0) is 0 Å². The topological polar surface area (TPSA) is 17.1 Å². The molecule has 0 aliphatic carbocycles. The van der Waals surface area contributed by atoms with Crippen LogP contribution in [0, 0.1) is 0 Å². The van der Waals surface area contributed by atoms with Crippen LogP contribution < -0.4 is 5.43 Å². The molecule has 1 heterocycles. The van der Waals surface area contributed by atoms with Crippen LogP contribution in [0.15, 0.2) is 40.5 Å². The summed E-state index contributed by atoms with van der Waals surface area (Å²) in [6.45, 7) is 0. The first-order chi connectivity index (χ1) is 5.38. The Hall–Kier alpha value is -1.15. The van der Waals surface area contributed by atoms with Gasteiger partial charge in [-0.15, -0.1) is 11.3 Å². The summed E-state index contributed by atoms with van der Waals surface area (Å²) in [6.07, 6.45) is 0. The summed E-state index contributed by atoms with van der Waals surface area (Å²) < 4.78 is 0.843. The minimum Gasteiger partial charge on any atom is -0.288 e. The maximum Gasteiger partial charge on any atom is 0.196 e. The molecule has 0 bridgehead atoms. The second kappa shape index (κ2) is 2.47. The van der Waals surface area contributed by atoms with Gasteiger partial charge < -0.3 is 0 Å². The number of thiophene rings is 1. The highest BCUT2D eigenvalue weighted by Gasteiger charge is 1.93. The molecule has 2 heteroatoms. The van der Waals surface area contributed by atoms with Gasteiger partial charge in [-0.2, -0.15) is 0 Å². The van der Waals surface area contributed by atoms with Gasteiger partial charge >= 0.3 is 0 Å². The van der Waals surface area contributed by atoms with E-state index in [-0.39, 0.29) is 5.43 Å². The van der Waals surface area contributed by atoms with Gasteiger partial charge in [-0.3, -0.25) is 4.79 Å². The van der Waals surface area contributed by atoms with Crippen LogP contribution in [0.4, 0.5) is 0 Å². The molecule has 1 aromatic carbocycles. The van der Waals surface area contributed by atoms with Gasteiger partial charge in [0.2, 0.25) is 0 Å². The molecule has 0 amide bonds. The molecule has 1 aromatic heterocycles. The Morgan fingerprint density at radius 3 is 2.82 bits per heavy atom. The number of hydrogen-bond donors (Lipinski definition) is 0. The third-order valence-corrected chi connectivity index (χ3v) is 2.50. The largest absolute Gasteiger partial charge is 0.288 e. The second-order valence-electron chi connectivity index (χ2n) is 2.29. The van der Waals surface area contributed by atoms with Crippen molar-refractivity contribution in [3.8, 4) is 0 Å². The summed E-state index contributed by atoms with van der Waals surface area (Å²) in [5.74, 6) is 0. The van der Waals surface area contributed by atoms with Crippen molar-refractivity contribution < 1.29 is 0 Å². The molecule has 2 aromatic rings. The van der Waals surface area contributed by atoms with E-state index in [1.165, 1.54) is 11.3 Å². The predicted octanol–water partition coefficient (Wildman–Crippen LogP) is 2.26. The lowest BCUT2D eigenvalue weighted by Crippen LogP contribution is -1.90. The maximum atomic E-state index is 11.3. The van der Waals surface area contributed by atoms with Crippen LogP contribution in [0.5, 0.6) is 0 Å². The van der Waals surface area contributed by atoms with Crippen molar-refractivity contribution in [1.29, 1.82) is 0 Å². The average Bonchev–Trinajstić information content (AvgIpc) is 2.40. The molecule has 0 saturated carbocycles. The molecule has 0 fully saturated rings. The molecular formula is C9H6OS. The van der Waals surface area contributed by atoms with Gasteiger partial charge in [0.15, 0.2) is 5.43 Å². The van der Waals surface area contributed by atoms with Crippen molar-refractivity contribution in [2.75, 3.05) is 0 Å². The van der Waals surface area contributed by atoms with E-state index < -0.39 is 0 Å². The van der Waals surface area contributed by atoms with Crippen LogP contribution in [0.25, 0.3) is 10.1 Å². The van der Waals surface area contributed by atoms with E-state index in [0.717, 1.165) is 10.1 Å². The van der Waals surface area contributed by atoms with E-state index in [9.17, 15) is 4.79 Å². The van der Waals surface area contributed by atoms with Crippen LogP contribution >= 0.6 is 11.3 Å². The Balaban J connectivity index is 3.09. The van der Waals surface area contributed by atoms with E-state index >= 15 is 0 Å².